The van der Waals surface area contributed by atoms with Crippen molar-refractivity contribution in [1.29, 1.82) is 0 Å². The largest absolute Gasteiger partial charge is 0.343 e. The van der Waals surface area contributed by atoms with E-state index in [0.29, 0.717) is 24.4 Å². The van der Waals surface area contributed by atoms with Crippen LogP contribution in [0.1, 0.15) is 36.0 Å². The lowest BCUT2D eigenvalue weighted by atomic mass is 10.1. The predicted molar refractivity (Wildman–Crippen MR) is 139 cm³/mol. The first-order valence-electron chi connectivity index (χ1n) is 14.4. The molecule has 1 aromatic carbocycles. The van der Waals surface area contributed by atoms with E-state index in [1.165, 1.54) is 11.1 Å². The summed E-state index contributed by atoms with van der Waals surface area (Å²) in [7, 11) is 0. The molecule has 192 valence electrons. The Morgan fingerprint density at radius 1 is 1.05 bits per heavy atom. The number of urea groups is 1. The number of imidazole rings is 1. The molecule has 0 atom stereocenters. The lowest BCUT2D eigenvalue weighted by Gasteiger charge is -2.32. The lowest BCUT2D eigenvalue weighted by molar-refractivity contribution is -0.119. The second-order valence-corrected chi connectivity index (χ2v) is 9.59. The number of hydrogen-bond acceptors (Lipinski definition) is 4. The molecule has 0 aliphatic carbocycles. The molecule has 9 nitrogen and oxygen atoms in total. The molecule has 0 radical (unpaired) electrons. The van der Waals surface area contributed by atoms with E-state index in [1.54, 1.807) is 28.8 Å². The summed E-state index contributed by atoms with van der Waals surface area (Å²) >= 11 is 0. The van der Waals surface area contributed by atoms with Crippen molar-refractivity contribution in [2.75, 3.05) is 24.5 Å². The van der Waals surface area contributed by atoms with Gasteiger partial charge in [-0.2, -0.15) is 0 Å². The SMILES string of the molecule is [2H]C1([2H])N(C(=O)N2CCCCC2)Cc2cc(F)cc3c(N4C(=O)C=C(c5cnc6ccccn56)C4=O)cn(c23)C1([2H])[2H]. The second-order valence-electron chi connectivity index (χ2n) is 9.59. The fourth-order valence-corrected chi connectivity index (χ4v) is 5.49. The Morgan fingerprint density at radius 3 is 2.74 bits per heavy atom. The first kappa shape index (κ1) is 18.7. The van der Waals surface area contributed by atoms with Crippen LogP contribution in [0, 0.1) is 5.82 Å². The van der Waals surface area contributed by atoms with Crippen molar-refractivity contribution in [3.63, 3.8) is 0 Å². The molecular weight excluding hydrogens is 487 g/mol. The molecule has 38 heavy (non-hydrogen) atoms. The van der Waals surface area contributed by atoms with Gasteiger partial charge in [0, 0.05) is 56.5 Å². The van der Waals surface area contributed by atoms with Crippen molar-refractivity contribution in [2.45, 2.75) is 32.3 Å². The molecule has 3 aliphatic rings. The molecular formula is C28H25FN6O3. The molecule has 6 heterocycles. The zero-order valence-corrected chi connectivity index (χ0v) is 20.2. The molecule has 3 aliphatic heterocycles. The van der Waals surface area contributed by atoms with Gasteiger partial charge in [-0.25, -0.2) is 19.1 Å². The normalized spacial score (nSPS) is 22.2. The van der Waals surface area contributed by atoms with E-state index in [-0.39, 0.29) is 27.7 Å². The number of halogens is 1. The van der Waals surface area contributed by atoms with Crippen molar-refractivity contribution in [3.8, 4) is 0 Å². The highest BCUT2D eigenvalue weighted by Gasteiger charge is 2.37. The number of fused-ring (bicyclic) bond motifs is 1. The van der Waals surface area contributed by atoms with Gasteiger partial charge < -0.3 is 14.4 Å². The smallest absolute Gasteiger partial charge is 0.320 e. The quantitative estimate of drug-likeness (QED) is 0.380. The molecule has 10 heteroatoms. The Kier molecular flexibility index (Phi) is 4.21. The van der Waals surface area contributed by atoms with E-state index in [1.807, 2.05) is 0 Å². The Labute approximate surface area is 223 Å². The number of carbonyl (C=O) groups is 3. The maximum atomic E-state index is 15.1. The first-order chi connectivity index (χ1) is 20.0. The average molecular weight is 517 g/mol. The number of aryl methyl sites for hydroxylation is 1. The molecule has 0 unspecified atom stereocenters. The number of hydrogen-bond donors (Lipinski definition) is 0. The molecule has 4 aromatic rings. The number of amides is 4. The molecule has 0 saturated carbocycles. The van der Waals surface area contributed by atoms with Crippen LogP contribution in [0.5, 0.6) is 0 Å². The Balaban J connectivity index is 1.35. The van der Waals surface area contributed by atoms with Gasteiger partial charge in [-0.3, -0.25) is 14.0 Å². The Hall–Kier alpha value is -4.47. The highest BCUT2D eigenvalue weighted by molar-refractivity contribution is 6.44. The number of rotatable bonds is 2. The Bertz CT molecular complexity index is 1860. The topological polar surface area (TPSA) is 83.2 Å². The average Bonchev–Trinajstić information content (AvgIpc) is 3.63. The van der Waals surface area contributed by atoms with E-state index < -0.39 is 43.2 Å². The van der Waals surface area contributed by atoms with Crippen molar-refractivity contribution in [3.05, 3.63) is 72.1 Å². The molecule has 1 fully saturated rings. The summed E-state index contributed by atoms with van der Waals surface area (Å²) in [5, 5.41) is 0.0476. The minimum Gasteiger partial charge on any atom is -0.343 e. The number of pyridine rings is 1. The van der Waals surface area contributed by atoms with Crippen LogP contribution in [0.15, 0.2) is 55.0 Å². The molecule has 0 bridgehead atoms. The second kappa shape index (κ2) is 8.54. The number of nitrogens with zero attached hydrogens (tertiary/aromatic N) is 6. The molecule has 0 spiro atoms. The Morgan fingerprint density at radius 2 is 1.89 bits per heavy atom. The van der Waals surface area contributed by atoms with Crippen molar-refractivity contribution in [1.82, 2.24) is 23.8 Å². The fourth-order valence-electron chi connectivity index (χ4n) is 5.49. The van der Waals surface area contributed by atoms with Gasteiger partial charge >= 0.3 is 6.03 Å². The minimum absolute atomic E-state index is 0.0476. The summed E-state index contributed by atoms with van der Waals surface area (Å²) < 4.78 is 53.4. The number of likely N-dealkylation sites (tertiary alicyclic amines) is 1. The minimum atomic E-state index is -2.88. The molecule has 0 N–H and O–H groups in total. The number of benzene rings is 1. The fraction of sp³-hybridized carbons (Fsp3) is 0.286. The monoisotopic (exact) mass is 516 g/mol. The third kappa shape index (κ3) is 3.43. The van der Waals surface area contributed by atoms with Crippen molar-refractivity contribution >= 4 is 45.7 Å². The number of carbonyl (C=O) groups excluding carboxylic acids is 3. The van der Waals surface area contributed by atoms with Crippen LogP contribution >= 0.6 is 0 Å². The van der Waals surface area contributed by atoms with Crippen LogP contribution in [0.2, 0.25) is 0 Å². The van der Waals surface area contributed by atoms with Crippen LogP contribution in [0.4, 0.5) is 14.9 Å². The molecule has 7 rings (SSSR count). The van der Waals surface area contributed by atoms with Crippen LogP contribution in [-0.2, 0) is 22.6 Å². The summed E-state index contributed by atoms with van der Waals surface area (Å²) in [6, 6.07) is 6.84. The van der Waals surface area contributed by atoms with Gasteiger partial charge in [0.25, 0.3) is 11.8 Å². The van der Waals surface area contributed by atoms with E-state index in [0.717, 1.165) is 58.0 Å². The van der Waals surface area contributed by atoms with E-state index >= 15 is 4.39 Å². The van der Waals surface area contributed by atoms with E-state index in [4.69, 9.17) is 5.48 Å². The van der Waals surface area contributed by atoms with Crippen LogP contribution in [0.3, 0.4) is 0 Å². The van der Waals surface area contributed by atoms with Gasteiger partial charge in [-0.05, 0) is 49.1 Å². The van der Waals surface area contributed by atoms with Crippen molar-refractivity contribution < 1.29 is 24.3 Å². The molecule has 4 amide bonds. The van der Waals surface area contributed by atoms with Gasteiger partial charge in [0.15, 0.2) is 0 Å². The zero-order chi connectivity index (χ0) is 29.6. The van der Waals surface area contributed by atoms with Crippen molar-refractivity contribution in [2.24, 2.45) is 0 Å². The summed E-state index contributed by atoms with van der Waals surface area (Å²) in [5.74, 6) is -2.16. The number of piperidine rings is 1. The summed E-state index contributed by atoms with van der Waals surface area (Å²) in [6.45, 7) is -5.30. The van der Waals surface area contributed by atoms with Crippen LogP contribution in [0.25, 0.3) is 22.1 Å². The van der Waals surface area contributed by atoms with Gasteiger partial charge in [-0.1, -0.05) is 6.07 Å². The third-order valence-corrected chi connectivity index (χ3v) is 7.27. The van der Waals surface area contributed by atoms with Gasteiger partial charge in [0.05, 0.1) is 34.2 Å². The summed E-state index contributed by atoms with van der Waals surface area (Å²) in [4.78, 5) is 48.0. The lowest BCUT2D eigenvalue weighted by Crippen LogP contribution is -2.45. The summed E-state index contributed by atoms with van der Waals surface area (Å²) in [5.41, 5.74) is 1.16. The number of anilines is 1. The third-order valence-electron chi connectivity index (χ3n) is 7.27. The highest BCUT2D eigenvalue weighted by atomic mass is 19.1. The standard InChI is InChI=1S/C28H25FN6O3/c29-19-12-18-16-33(28(38)31-7-3-1-4-8-31)11-10-32-17-23(20(13-19)26(18)32)35-25(36)14-21(27(35)37)22-15-30-24-6-2-5-9-34(22)24/h2,5-6,9,12-15,17H,1,3-4,7-8,10-11,16H2/i10D2,11D2. The van der Waals surface area contributed by atoms with Gasteiger partial charge in [0.1, 0.15) is 11.5 Å². The maximum Gasteiger partial charge on any atom is 0.320 e. The molecule has 3 aromatic heterocycles. The van der Waals surface area contributed by atoms with Gasteiger partial charge in [-0.15, -0.1) is 0 Å². The van der Waals surface area contributed by atoms with Crippen LogP contribution < -0.4 is 4.90 Å². The van der Waals surface area contributed by atoms with E-state index in [9.17, 15) is 14.4 Å². The first-order valence-corrected chi connectivity index (χ1v) is 12.4. The summed E-state index contributed by atoms with van der Waals surface area (Å²) in [6.07, 6.45) is 7.93. The maximum absolute atomic E-state index is 15.1. The van der Waals surface area contributed by atoms with Gasteiger partial charge in [0.2, 0.25) is 0 Å². The zero-order valence-electron chi connectivity index (χ0n) is 24.2. The molecule has 1 saturated heterocycles. The van der Waals surface area contributed by atoms with Crippen LogP contribution in [-0.4, -0.2) is 61.2 Å². The highest BCUT2D eigenvalue weighted by Crippen LogP contribution is 2.38. The number of imide groups is 1. The van der Waals surface area contributed by atoms with E-state index in [2.05, 4.69) is 4.98 Å². The predicted octanol–water partition coefficient (Wildman–Crippen LogP) is 3.81. The number of aromatic nitrogens is 3.